The van der Waals surface area contributed by atoms with Crippen molar-refractivity contribution < 1.29 is 22.8 Å². The lowest BCUT2D eigenvalue weighted by molar-refractivity contribution is -0.139. The van der Waals surface area contributed by atoms with Gasteiger partial charge in [0.1, 0.15) is 17.0 Å². The number of halogens is 3. The third-order valence-corrected chi connectivity index (χ3v) is 5.15. The average Bonchev–Trinajstić information content (AvgIpc) is 2.96. The predicted octanol–water partition coefficient (Wildman–Crippen LogP) is 4.98. The van der Waals surface area contributed by atoms with E-state index in [2.05, 4.69) is 0 Å². The van der Waals surface area contributed by atoms with Crippen LogP contribution in [-0.2, 0) is 9.59 Å². The second-order valence-electron chi connectivity index (χ2n) is 6.50. The fourth-order valence-electron chi connectivity index (χ4n) is 3.82. The van der Waals surface area contributed by atoms with Gasteiger partial charge in [0.05, 0.1) is 0 Å². The van der Waals surface area contributed by atoms with Crippen LogP contribution in [0.1, 0.15) is 31.7 Å². The van der Waals surface area contributed by atoms with Crippen LogP contribution in [0.2, 0.25) is 0 Å². The van der Waals surface area contributed by atoms with Gasteiger partial charge in [0, 0.05) is 11.5 Å². The Morgan fingerprint density at radius 3 is 2.20 bits per heavy atom. The van der Waals surface area contributed by atoms with Gasteiger partial charge in [0.2, 0.25) is 0 Å². The summed E-state index contributed by atoms with van der Waals surface area (Å²) in [7, 11) is 0. The largest absolute Gasteiger partial charge is 0.412 e. The van der Waals surface area contributed by atoms with Crippen LogP contribution in [0, 0.1) is 5.41 Å². The molecule has 0 saturated heterocycles. The molecular weight excluding hydrogens is 329 g/mol. The Morgan fingerprint density at radius 2 is 1.60 bits per heavy atom. The first-order valence-electron chi connectivity index (χ1n) is 7.95. The maximum absolute atomic E-state index is 13.3. The van der Waals surface area contributed by atoms with Gasteiger partial charge >= 0.3 is 6.18 Å². The molecule has 0 bridgehead atoms. The topological polar surface area (TPSA) is 34.1 Å². The molecule has 0 N–H and O–H groups in total. The molecule has 25 heavy (non-hydrogen) atoms. The van der Waals surface area contributed by atoms with Gasteiger partial charge < -0.3 is 0 Å². The van der Waals surface area contributed by atoms with E-state index in [9.17, 15) is 22.8 Å². The second-order valence-corrected chi connectivity index (χ2v) is 6.50. The van der Waals surface area contributed by atoms with Crippen LogP contribution in [0.15, 0.2) is 54.1 Å². The van der Waals surface area contributed by atoms with Gasteiger partial charge in [-0.25, -0.2) is 0 Å². The molecule has 0 aromatic heterocycles. The fraction of sp³-hybridized carbons (Fsp3) is 0.300. The summed E-state index contributed by atoms with van der Waals surface area (Å²) >= 11 is 0. The zero-order chi connectivity index (χ0) is 18.4. The zero-order valence-corrected chi connectivity index (χ0v) is 13.9. The van der Waals surface area contributed by atoms with E-state index in [1.54, 1.807) is 24.3 Å². The van der Waals surface area contributed by atoms with E-state index in [4.69, 9.17) is 0 Å². The van der Waals surface area contributed by atoms with Gasteiger partial charge in [0.15, 0.2) is 0 Å². The SMILES string of the molecule is CC(=O)C1(C(C)=O)CC(C(F)(F)F)=CC1c1cccc2ccccc12. The molecular formula is C20H17F3O2. The van der Waals surface area contributed by atoms with E-state index in [1.807, 2.05) is 18.2 Å². The molecule has 0 aliphatic heterocycles. The molecule has 1 aliphatic rings. The van der Waals surface area contributed by atoms with E-state index < -0.39 is 41.1 Å². The molecule has 2 aromatic carbocycles. The molecule has 0 fully saturated rings. The van der Waals surface area contributed by atoms with Crippen LogP contribution >= 0.6 is 0 Å². The van der Waals surface area contributed by atoms with Crippen LogP contribution in [0.5, 0.6) is 0 Å². The van der Waals surface area contributed by atoms with Crippen molar-refractivity contribution in [3.8, 4) is 0 Å². The smallest absolute Gasteiger partial charge is 0.299 e. The van der Waals surface area contributed by atoms with Gasteiger partial charge in [-0.2, -0.15) is 13.2 Å². The summed E-state index contributed by atoms with van der Waals surface area (Å²) < 4.78 is 40.0. The predicted molar refractivity (Wildman–Crippen MR) is 89.2 cm³/mol. The average molecular weight is 346 g/mol. The number of ketones is 2. The lowest BCUT2D eigenvalue weighted by Gasteiger charge is -2.31. The molecule has 1 aliphatic carbocycles. The molecule has 5 heteroatoms. The van der Waals surface area contributed by atoms with Crippen LogP contribution in [0.4, 0.5) is 13.2 Å². The first-order valence-corrected chi connectivity index (χ1v) is 7.95. The van der Waals surface area contributed by atoms with Crippen LogP contribution in [-0.4, -0.2) is 17.7 Å². The molecule has 1 atom stereocenters. The van der Waals surface area contributed by atoms with Crippen molar-refractivity contribution in [1.29, 1.82) is 0 Å². The highest BCUT2D eigenvalue weighted by molar-refractivity contribution is 6.08. The minimum absolute atomic E-state index is 0.534. The normalized spacial score (nSPS) is 19.7. The zero-order valence-electron chi connectivity index (χ0n) is 13.9. The van der Waals surface area contributed by atoms with Gasteiger partial charge in [-0.3, -0.25) is 9.59 Å². The summed E-state index contributed by atoms with van der Waals surface area (Å²) in [6.45, 7) is 2.40. The van der Waals surface area contributed by atoms with E-state index in [-0.39, 0.29) is 0 Å². The Morgan fingerprint density at radius 1 is 1.00 bits per heavy atom. The third-order valence-electron chi connectivity index (χ3n) is 5.15. The maximum Gasteiger partial charge on any atom is 0.412 e. The summed E-state index contributed by atoms with van der Waals surface area (Å²) in [4.78, 5) is 24.8. The van der Waals surface area contributed by atoms with E-state index in [0.717, 1.165) is 16.8 Å². The van der Waals surface area contributed by atoms with Crippen molar-refractivity contribution >= 4 is 22.3 Å². The molecule has 0 radical (unpaired) electrons. The summed E-state index contributed by atoms with van der Waals surface area (Å²) in [5, 5.41) is 1.61. The minimum Gasteiger partial charge on any atom is -0.299 e. The molecule has 0 spiro atoms. The lowest BCUT2D eigenvalue weighted by atomic mass is 9.67. The maximum atomic E-state index is 13.3. The summed E-state index contributed by atoms with van der Waals surface area (Å²) in [6, 6.07) is 12.6. The number of benzene rings is 2. The molecule has 0 amide bonds. The van der Waals surface area contributed by atoms with E-state index in [1.165, 1.54) is 13.8 Å². The number of allylic oxidation sites excluding steroid dienone is 2. The van der Waals surface area contributed by atoms with Crippen LogP contribution < -0.4 is 0 Å². The number of hydrogen-bond acceptors (Lipinski definition) is 2. The number of alkyl halides is 3. The van der Waals surface area contributed by atoms with E-state index in [0.29, 0.717) is 5.56 Å². The fourth-order valence-corrected chi connectivity index (χ4v) is 3.82. The van der Waals surface area contributed by atoms with Gasteiger partial charge in [-0.1, -0.05) is 48.5 Å². The number of rotatable bonds is 3. The second kappa shape index (κ2) is 5.83. The van der Waals surface area contributed by atoms with Crippen LogP contribution in [0.3, 0.4) is 0 Å². The highest BCUT2D eigenvalue weighted by Gasteiger charge is 2.56. The quantitative estimate of drug-likeness (QED) is 0.580. The van der Waals surface area contributed by atoms with Crippen LogP contribution in [0.25, 0.3) is 10.8 Å². The molecule has 0 heterocycles. The third kappa shape index (κ3) is 2.68. The molecule has 1 unspecified atom stereocenters. The highest BCUT2D eigenvalue weighted by atomic mass is 19.4. The number of Topliss-reactive ketones (excluding diaryl/α,β-unsaturated/α-hetero) is 2. The standard InChI is InChI=1S/C20H17F3O2/c1-12(24)19(13(2)25)11-15(20(21,22)23)10-18(19)17-9-5-7-14-6-3-4-8-16(14)17/h3-10,18H,11H2,1-2H3. The molecule has 3 rings (SSSR count). The van der Waals surface area contributed by atoms with Crippen molar-refractivity contribution in [3.63, 3.8) is 0 Å². The highest BCUT2D eigenvalue weighted by Crippen LogP contribution is 2.54. The summed E-state index contributed by atoms with van der Waals surface area (Å²) in [5.74, 6) is -1.99. The van der Waals surface area contributed by atoms with Crippen molar-refractivity contribution in [2.75, 3.05) is 0 Å². The van der Waals surface area contributed by atoms with Gasteiger partial charge in [-0.15, -0.1) is 0 Å². The van der Waals surface area contributed by atoms with Crippen molar-refractivity contribution in [2.45, 2.75) is 32.4 Å². The first kappa shape index (κ1) is 17.4. The Labute approximate surface area is 143 Å². The first-order chi connectivity index (χ1) is 11.7. The summed E-state index contributed by atoms with van der Waals surface area (Å²) in [6.07, 6.45) is -4.10. The summed E-state index contributed by atoms with van der Waals surface area (Å²) in [5.41, 5.74) is -1.94. The number of fused-ring (bicyclic) bond motifs is 1. The van der Waals surface area contributed by atoms with Crippen molar-refractivity contribution in [2.24, 2.45) is 5.41 Å². The monoisotopic (exact) mass is 346 g/mol. The Bertz CT molecular complexity index is 874. The Kier molecular flexibility index (Phi) is 4.06. The molecule has 130 valence electrons. The lowest BCUT2D eigenvalue weighted by Crippen LogP contribution is -2.40. The Hall–Kier alpha value is -2.43. The van der Waals surface area contributed by atoms with E-state index >= 15 is 0 Å². The number of hydrogen-bond donors (Lipinski definition) is 0. The molecule has 2 nitrogen and oxygen atoms in total. The number of carbonyl (C=O) groups excluding carboxylic acids is 2. The van der Waals surface area contributed by atoms with Crippen molar-refractivity contribution in [3.05, 3.63) is 59.7 Å². The Balaban J connectivity index is 2.29. The minimum atomic E-state index is -4.56. The molecule has 0 saturated carbocycles. The van der Waals surface area contributed by atoms with Gasteiger partial charge in [0.25, 0.3) is 0 Å². The van der Waals surface area contributed by atoms with Gasteiger partial charge in [-0.05, 0) is 36.6 Å². The number of carbonyl (C=O) groups is 2. The van der Waals surface area contributed by atoms with Crippen molar-refractivity contribution in [1.82, 2.24) is 0 Å². The molecule has 2 aromatic rings.